The normalized spacial score (nSPS) is 10.8. The van der Waals surface area contributed by atoms with Gasteiger partial charge in [0.1, 0.15) is 0 Å². The standard InChI is InChI=1S/C15H12ClNO3S/c1-9-6-7-21-13(9)4-5-14(18)17-10-2-3-11(15(19)20)12(16)8-10/h2-8H,1H3,(H,17,18)(H,19,20). The number of aromatic carboxylic acids is 1. The third-order valence-corrected chi connectivity index (χ3v) is 4.05. The van der Waals surface area contributed by atoms with Crippen LogP contribution in [0.1, 0.15) is 20.8 Å². The van der Waals surface area contributed by atoms with Crippen LogP contribution in [0.5, 0.6) is 0 Å². The highest BCUT2D eigenvalue weighted by atomic mass is 35.5. The minimum atomic E-state index is -1.11. The van der Waals surface area contributed by atoms with E-state index >= 15 is 0 Å². The number of benzene rings is 1. The van der Waals surface area contributed by atoms with Gasteiger partial charge in [0.25, 0.3) is 0 Å². The molecule has 0 saturated heterocycles. The molecule has 1 aromatic carbocycles. The highest BCUT2D eigenvalue weighted by molar-refractivity contribution is 7.11. The second-order valence-electron chi connectivity index (χ2n) is 4.29. The second kappa shape index (κ2) is 6.56. The number of carbonyl (C=O) groups is 2. The van der Waals surface area contributed by atoms with Crippen LogP contribution in [-0.2, 0) is 4.79 Å². The molecule has 4 nitrogen and oxygen atoms in total. The van der Waals surface area contributed by atoms with Crippen molar-refractivity contribution in [3.05, 3.63) is 56.7 Å². The summed E-state index contributed by atoms with van der Waals surface area (Å²) in [4.78, 5) is 23.7. The van der Waals surface area contributed by atoms with Crippen LogP contribution >= 0.6 is 22.9 Å². The van der Waals surface area contributed by atoms with Gasteiger partial charge in [-0.3, -0.25) is 4.79 Å². The summed E-state index contributed by atoms with van der Waals surface area (Å²) in [7, 11) is 0. The predicted octanol–water partition coefficient (Wildman–Crippen LogP) is 4.06. The van der Waals surface area contributed by atoms with Gasteiger partial charge in [-0.05, 0) is 48.2 Å². The summed E-state index contributed by atoms with van der Waals surface area (Å²) < 4.78 is 0. The van der Waals surface area contributed by atoms with Gasteiger partial charge in [0.2, 0.25) is 5.91 Å². The van der Waals surface area contributed by atoms with Gasteiger partial charge in [-0.25, -0.2) is 4.79 Å². The molecule has 0 spiro atoms. The molecule has 0 aliphatic rings. The van der Waals surface area contributed by atoms with Crippen molar-refractivity contribution in [3.63, 3.8) is 0 Å². The lowest BCUT2D eigenvalue weighted by Gasteiger charge is -2.04. The molecule has 1 aromatic heterocycles. The van der Waals surface area contributed by atoms with Crippen LogP contribution in [0.15, 0.2) is 35.7 Å². The summed E-state index contributed by atoms with van der Waals surface area (Å²) >= 11 is 7.39. The number of amides is 1. The molecule has 0 unspecified atom stereocenters. The first-order valence-corrected chi connectivity index (χ1v) is 7.29. The van der Waals surface area contributed by atoms with E-state index < -0.39 is 5.97 Å². The van der Waals surface area contributed by atoms with E-state index in [0.717, 1.165) is 10.4 Å². The fourth-order valence-corrected chi connectivity index (χ4v) is 2.74. The molecule has 0 bridgehead atoms. The third kappa shape index (κ3) is 3.93. The molecule has 0 fully saturated rings. The minimum absolute atomic E-state index is 0.000539. The predicted molar refractivity (Wildman–Crippen MR) is 85.1 cm³/mol. The van der Waals surface area contributed by atoms with E-state index in [2.05, 4.69) is 5.32 Å². The number of hydrogen-bond donors (Lipinski definition) is 2. The van der Waals surface area contributed by atoms with Crippen molar-refractivity contribution in [2.24, 2.45) is 0 Å². The molecule has 2 N–H and O–H groups in total. The van der Waals surface area contributed by atoms with Crippen LogP contribution in [0, 0.1) is 6.92 Å². The maximum Gasteiger partial charge on any atom is 0.337 e. The van der Waals surface area contributed by atoms with Crippen LogP contribution in [0.25, 0.3) is 6.08 Å². The average Bonchev–Trinajstić information content (AvgIpc) is 2.81. The number of hydrogen-bond acceptors (Lipinski definition) is 3. The molecule has 2 aromatic rings. The van der Waals surface area contributed by atoms with Crippen LogP contribution < -0.4 is 5.32 Å². The van der Waals surface area contributed by atoms with Gasteiger partial charge in [0, 0.05) is 16.6 Å². The van der Waals surface area contributed by atoms with Gasteiger partial charge in [-0.2, -0.15) is 0 Å². The number of anilines is 1. The number of carboxylic acid groups (broad SMARTS) is 1. The second-order valence-corrected chi connectivity index (χ2v) is 5.65. The molecule has 1 heterocycles. The number of thiophene rings is 1. The fourth-order valence-electron chi connectivity index (χ4n) is 1.66. The molecule has 0 aliphatic heterocycles. The monoisotopic (exact) mass is 321 g/mol. The Labute approximate surface area is 130 Å². The van der Waals surface area contributed by atoms with Gasteiger partial charge in [0.05, 0.1) is 10.6 Å². The lowest BCUT2D eigenvalue weighted by molar-refractivity contribution is -0.111. The van der Waals surface area contributed by atoms with Crippen LogP contribution in [-0.4, -0.2) is 17.0 Å². The number of nitrogens with one attached hydrogen (secondary N) is 1. The molecule has 0 radical (unpaired) electrons. The lowest BCUT2D eigenvalue weighted by Crippen LogP contribution is -2.08. The van der Waals surface area contributed by atoms with Crippen molar-refractivity contribution in [2.45, 2.75) is 6.92 Å². The van der Waals surface area contributed by atoms with Crippen molar-refractivity contribution >= 4 is 46.6 Å². The summed E-state index contributed by atoms with van der Waals surface area (Å²) in [5, 5.41) is 13.5. The zero-order chi connectivity index (χ0) is 15.4. The average molecular weight is 322 g/mol. The van der Waals surface area contributed by atoms with E-state index in [9.17, 15) is 9.59 Å². The van der Waals surface area contributed by atoms with E-state index in [-0.39, 0.29) is 16.5 Å². The van der Waals surface area contributed by atoms with Crippen LogP contribution in [0.4, 0.5) is 5.69 Å². The Bertz CT molecular complexity index is 721. The fraction of sp³-hybridized carbons (Fsp3) is 0.0667. The van der Waals surface area contributed by atoms with Crippen molar-refractivity contribution in [3.8, 4) is 0 Å². The van der Waals surface area contributed by atoms with Crippen molar-refractivity contribution in [2.75, 3.05) is 5.32 Å². The van der Waals surface area contributed by atoms with Crippen molar-refractivity contribution in [1.29, 1.82) is 0 Å². The molecular formula is C15H12ClNO3S. The Morgan fingerprint density at radius 2 is 2.10 bits per heavy atom. The first kappa shape index (κ1) is 15.3. The summed E-state index contributed by atoms with van der Waals surface area (Å²) in [6.07, 6.45) is 3.17. The zero-order valence-corrected chi connectivity index (χ0v) is 12.7. The minimum Gasteiger partial charge on any atom is -0.478 e. The SMILES string of the molecule is Cc1ccsc1C=CC(=O)Nc1ccc(C(=O)O)c(Cl)c1. The van der Waals surface area contributed by atoms with E-state index in [0.29, 0.717) is 5.69 Å². The summed E-state index contributed by atoms with van der Waals surface area (Å²) in [5.74, 6) is -1.41. The molecule has 108 valence electrons. The molecule has 6 heteroatoms. The quantitative estimate of drug-likeness (QED) is 0.834. The van der Waals surface area contributed by atoms with Gasteiger partial charge in [-0.15, -0.1) is 11.3 Å². The van der Waals surface area contributed by atoms with E-state index in [1.807, 2.05) is 18.4 Å². The van der Waals surface area contributed by atoms with E-state index in [1.54, 1.807) is 17.4 Å². The maximum atomic E-state index is 11.8. The smallest absolute Gasteiger partial charge is 0.337 e. The number of carboxylic acids is 1. The third-order valence-electron chi connectivity index (χ3n) is 2.75. The first-order valence-electron chi connectivity index (χ1n) is 6.03. The topological polar surface area (TPSA) is 66.4 Å². The van der Waals surface area contributed by atoms with Gasteiger partial charge in [-0.1, -0.05) is 11.6 Å². The van der Waals surface area contributed by atoms with Crippen molar-refractivity contribution < 1.29 is 14.7 Å². The van der Waals surface area contributed by atoms with Crippen LogP contribution in [0.3, 0.4) is 0 Å². The van der Waals surface area contributed by atoms with E-state index in [4.69, 9.17) is 16.7 Å². The molecule has 21 heavy (non-hydrogen) atoms. The highest BCUT2D eigenvalue weighted by Gasteiger charge is 2.09. The Kier molecular flexibility index (Phi) is 4.77. The molecule has 0 saturated carbocycles. The van der Waals surface area contributed by atoms with Crippen molar-refractivity contribution in [1.82, 2.24) is 0 Å². The zero-order valence-electron chi connectivity index (χ0n) is 11.1. The summed E-state index contributed by atoms with van der Waals surface area (Å²) in [5.41, 5.74) is 1.56. The lowest BCUT2D eigenvalue weighted by atomic mass is 10.2. The molecule has 1 amide bonds. The Morgan fingerprint density at radius 3 is 2.67 bits per heavy atom. The Morgan fingerprint density at radius 1 is 1.33 bits per heavy atom. The number of carbonyl (C=O) groups excluding carboxylic acids is 1. The maximum absolute atomic E-state index is 11.8. The summed E-state index contributed by atoms with van der Waals surface area (Å²) in [6.45, 7) is 1.97. The van der Waals surface area contributed by atoms with Gasteiger partial charge in [0.15, 0.2) is 0 Å². The number of halogens is 1. The first-order chi connectivity index (χ1) is 9.97. The molecule has 0 atom stereocenters. The summed E-state index contributed by atoms with van der Waals surface area (Å²) in [6, 6.07) is 6.24. The van der Waals surface area contributed by atoms with Crippen LogP contribution in [0.2, 0.25) is 5.02 Å². The highest BCUT2D eigenvalue weighted by Crippen LogP contribution is 2.21. The van der Waals surface area contributed by atoms with E-state index in [1.165, 1.54) is 24.3 Å². The number of rotatable bonds is 4. The largest absolute Gasteiger partial charge is 0.478 e. The Balaban J connectivity index is 2.06. The molecular weight excluding hydrogens is 310 g/mol. The van der Waals surface area contributed by atoms with Gasteiger partial charge < -0.3 is 10.4 Å². The van der Waals surface area contributed by atoms with Gasteiger partial charge >= 0.3 is 5.97 Å². The Hall–Kier alpha value is -2.11. The number of aryl methyl sites for hydroxylation is 1. The molecule has 2 rings (SSSR count). The molecule has 0 aliphatic carbocycles.